The molecule has 1 aliphatic rings. The topological polar surface area (TPSA) is 38.9 Å². The Balaban J connectivity index is 2.20. The van der Waals surface area contributed by atoms with Crippen LogP contribution in [0.5, 0.6) is 0 Å². The number of thiazole rings is 1. The van der Waals surface area contributed by atoms with Crippen LogP contribution in [0.1, 0.15) is 43.5 Å². The Morgan fingerprint density at radius 3 is 2.43 bits per heavy atom. The van der Waals surface area contributed by atoms with Crippen molar-refractivity contribution in [3.05, 3.63) is 15.5 Å². The summed E-state index contributed by atoms with van der Waals surface area (Å²) in [5.74, 6) is 0. The third-order valence-corrected chi connectivity index (χ3v) is 4.23. The average molecular weight is 231 g/mol. The monoisotopic (exact) mass is 230 g/mol. The molecule has 1 heterocycles. The van der Waals surface area contributed by atoms with Crippen LogP contribution in [0.25, 0.3) is 0 Å². The van der Waals surface area contributed by atoms with Crippen molar-refractivity contribution in [2.45, 2.75) is 44.1 Å². The zero-order chi connectivity index (χ0) is 10.0. The molecule has 0 aliphatic heterocycles. The summed E-state index contributed by atoms with van der Waals surface area (Å²) in [5.41, 5.74) is 6.18. The lowest BCUT2D eigenvalue weighted by Gasteiger charge is -2.25. The summed E-state index contributed by atoms with van der Waals surface area (Å²) < 4.78 is 0.745. The van der Waals surface area contributed by atoms with Gasteiger partial charge in [0.25, 0.3) is 0 Å². The number of hydrogen-bond acceptors (Lipinski definition) is 3. The van der Waals surface area contributed by atoms with Crippen molar-refractivity contribution >= 4 is 22.9 Å². The standard InChI is InChI=1S/C10H15ClN2S/c11-8-7-13-9(14-8)10(12)5-3-1-2-4-6-10/h7H,1-6,12H2. The van der Waals surface area contributed by atoms with Gasteiger partial charge in [0.15, 0.2) is 0 Å². The third kappa shape index (κ3) is 2.10. The molecule has 0 atom stereocenters. The second-order valence-electron chi connectivity index (χ2n) is 4.04. The quantitative estimate of drug-likeness (QED) is 0.752. The van der Waals surface area contributed by atoms with Crippen molar-refractivity contribution in [3.8, 4) is 0 Å². The van der Waals surface area contributed by atoms with Crippen LogP contribution in [-0.2, 0) is 5.54 Å². The molecule has 1 aliphatic carbocycles. The van der Waals surface area contributed by atoms with Crippen LogP contribution < -0.4 is 5.73 Å². The summed E-state index contributed by atoms with van der Waals surface area (Å²) >= 11 is 7.41. The minimum atomic E-state index is -0.200. The maximum atomic E-state index is 6.38. The smallest absolute Gasteiger partial charge is 0.114 e. The SMILES string of the molecule is NC1(c2ncc(Cl)s2)CCCCCC1. The Morgan fingerprint density at radius 1 is 1.29 bits per heavy atom. The van der Waals surface area contributed by atoms with Gasteiger partial charge in [-0.05, 0) is 12.8 Å². The van der Waals surface area contributed by atoms with Crippen molar-refractivity contribution in [1.82, 2.24) is 4.98 Å². The minimum Gasteiger partial charge on any atom is -0.319 e. The molecule has 0 spiro atoms. The summed E-state index contributed by atoms with van der Waals surface area (Å²) in [7, 11) is 0. The molecule has 1 aromatic heterocycles. The van der Waals surface area contributed by atoms with E-state index in [0.29, 0.717) is 0 Å². The predicted octanol–water partition coefficient (Wildman–Crippen LogP) is 3.30. The molecule has 0 unspecified atom stereocenters. The molecule has 2 N–H and O–H groups in total. The fourth-order valence-electron chi connectivity index (χ4n) is 2.06. The van der Waals surface area contributed by atoms with Crippen molar-refractivity contribution in [3.63, 3.8) is 0 Å². The van der Waals surface area contributed by atoms with E-state index >= 15 is 0 Å². The molecule has 4 heteroatoms. The van der Waals surface area contributed by atoms with E-state index in [0.717, 1.165) is 22.2 Å². The molecule has 2 rings (SSSR count). The first-order chi connectivity index (χ1) is 6.71. The normalized spacial score (nSPS) is 21.9. The molecular weight excluding hydrogens is 216 g/mol. The number of rotatable bonds is 1. The molecule has 2 nitrogen and oxygen atoms in total. The average Bonchev–Trinajstić information content (AvgIpc) is 2.47. The molecule has 0 saturated heterocycles. The van der Waals surface area contributed by atoms with Crippen LogP contribution in [0.2, 0.25) is 4.34 Å². The van der Waals surface area contributed by atoms with E-state index in [1.165, 1.54) is 37.0 Å². The van der Waals surface area contributed by atoms with Gasteiger partial charge in [-0.3, -0.25) is 0 Å². The summed E-state index contributed by atoms with van der Waals surface area (Å²) in [6, 6.07) is 0. The molecular formula is C10H15ClN2S. The van der Waals surface area contributed by atoms with Crippen molar-refractivity contribution in [2.24, 2.45) is 5.73 Å². The fourth-order valence-corrected chi connectivity index (χ4v) is 3.13. The molecule has 1 fully saturated rings. The summed E-state index contributed by atoms with van der Waals surface area (Å²) in [6.07, 6.45) is 8.85. The van der Waals surface area contributed by atoms with Crippen LogP contribution in [-0.4, -0.2) is 4.98 Å². The van der Waals surface area contributed by atoms with Crippen molar-refractivity contribution in [2.75, 3.05) is 0 Å². The number of nitrogens with two attached hydrogens (primary N) is 1. The van der Waals surface area contributed by atoms with Gasteiger partial charge in [-0.15, -0.1) is 11.3 Å². The van der Waals surface area contributed by atoms with Crippen LogP contribution in [0.3, 0.4) is 0 Å². The summed E-state index contributed by atoms with van der Waals surface area (Å²) in [4.78, 5) is 4.31. The first kappa shape index (κ1) is 10.4. The third-order valence-electron chi connectivity index (χ3n) is 2.90. The highest BCUT2D eigenvalue weighted by Crippen LogP contribution is 2.36. The van der Waals surface area contributed by atoms with E-state index in [9.17, 15) is 0 Å². The Hall–Kier alpha value is -0.120. The number of halogens is 1. The first-order valence-corrected chi connectivity index (χ1v) is 6.31. The van der Waals surface area contributed by atoms with Gasteiger partial charge >= 0.3 is 0 Å². The van der Waals surface area contributed by atoms with Crippen molar-refractivity contribution < 1.29 is 0 Å². The maximum absolute atomic E-state index is 6.38. The van der Waals surface area contributed by atoms with Gasteiger partial charge in [0.05, 0.1) is 11.7 Å². The number of hydrogen-bond donors (Lipinski definition) is 1. The predicted molar refractivity (Wildman–Crippen MR) is 60.7 cm³/mol. The van der Waals surface area contributed by atoms with E-state index in [1.54, 1.807) is 6.20 Å². The highest BCUT2D eigenvalue weighted by Gasteiger charge is 2.31. The van der Waals surface area contributed by atoms with Gasteiger partial charge in [0.1, 0.15) is 9.34 Å². The second-order valence-corrected chi connectivity index (χ2v) is 5.70. The molecule has 1 saturated carbocycles. The zero-order valence-corrected chi connectivity index (χ0v) is 9.70. The lowest BCUT2D eigenvalue weighted by molar-refractivity contribution is 0.384. The van der Waals surface area contributed by atoms with Gasteiger partial charge in [0, 0.05) is 0 Å². The number of aromatic nitrogens is 1. The van der Waals surface area contributed by atoms with Gasteiger partial charge in [-0.1, -0.05) is 37.3 Å². The lowest BCUT2D eigenvalue weighted by Crippen LogP contribution is -2.35. The first-order valence-electron chi connectivity index (χ1n) is 5.11. The van der Waals surface area contributed by atoms with Crippen LogP contribution in [0, 0.1) is 0 Å². The Kier molecular flexibility index (Phi) is 3.10. The zero-order valence-electron chi connectivity index (χ0n) is 8.13. The Bertz CT molecular complexity index is 303. The molecule has 0 radical (unpaired) electrons. The highest BCUT2D eigenvalue weighted by molar-refractivity contribution is 7.15. The molecule has 78 valence electrons. The lowest BCUT2D eigenvalue weighted by atomic mass is 9.92. The van der Waals surface area contributed by atoms with Gasteiger partial charge in [-0.2, -0.15) is 0 Å². The van der Waals surface area contributed by atoms with Gasteiger partial charge in [-0.25, -0.2) is 4.98 Å². The molecule has 14 heavy (non-hydrogen) atoms. The van der Waals surface area contributed by atoms with Crippen LogP contribution in [0.4, 0.5) is 0 Å². The second kappa shape index (κ2) is 4.17. The van der Waals surface area contributed by atoms with E-state index in [2.05, 4.69) is 4.98 Å². The van der Waals surface area contributed by atoms with E-state index < -0.39 is 0 Å². The summed E-state index contributed by atoms with van der Waals surface area (Å²) in [5, 5.41) is 1.02. The molecule has 1 aromatic rings. The van der Waals surface area contributed by atoms with Crippen molar-refractivity contribution in [1.29, 1.82) is 0 Å². The van der Waals surface area contributed by atoms with Crippen LogP contribution in [0.15, 0.2) is 6.20 Å². The Labute approximate surface area is 93.5 Å². The molecule has 0 aromatic carbocycles. The van der Waals surface area contributed by atoms with Gasteiger partial charge in [0.2, 0.25) is 0 Å². The van der Waals surface area contributed by atoms with E-state index in [-0.39, 0.29) is 5.54 Å². The Morgan fingerprint density at radius 2 is 1.93 bits per heavy atom. The fraction of sp³-hybridized carbons (Fsp3) is 0.700. The number of nitrogens with zero attached hydrogens (tertiary/aromatic N) is 1. The van der Waals surface area contributed by atoms with E-state index in [1.807, 2.05) is 0 Å². The largest absolute Gasteiger partial charge is 0.319 e. The highest BCUT2D eigenvalue weighted by atomic mass is 35.5. The molecule has 0 bridgehead atoms. The minimum absolute atomic E-state index is 0.200. The molecule has 0 amide bonds. The maximum Gasteiger partial charge on any atom is 0.114 e. The van der Waals surface area contributed by atoms with Crippen LogP contribution >= 0.6 is 22.9 Å². The van der Waals surface area contributed by atoms with Gasteiger partial charge < -0.3 is 5.73 Å². The van der Waals surface area contributed by atoms with E-state index in [4.69, 9.17) is 17.3 Å². The summed E-state index contributed by atoms with van der Waals surface area (Å²) in [6.45, 7) is 0.